The van der Waals surface area contributed by atoms with Gasteiger partial charge in [-0.2, -0.15) is 5.10 Å². The molecule has 2 N–H and O–H groups in total. The second-order valence-electron chi connectivity index (χ2n) is 3.84. The Hall–Kier alpha value is -2.37. The van der Waals surface area contributed by atoms with Crippen molar-refractivity contribution >= 4 is 11.0 Å². The van der Waals surface area contributed by atoms with Crippen molar-refractivity contribution in [3.05, 3.63) is 46.9 Å². The molecule has 17 heavy (non-hydrogen) atoms. The largest absolute Gasteiger partial charge is 0.355 e. The van der Waals surface area contributed by atoms with E-state index < -0.39 is 0 Å². The van der Waals surface area contributed by atoms with Crippen LogP contribution in [0.2, 0.25) is 0 Å². The van der Waals surface area contributed by atoms with Gasteiger partial charge in [-0.3, -0.25) is 14.5 Å². The monoisotopic (exact) mass is 229 g/mol. The number of rotatable bonds is 3. The Kier molecular flexibility index (Phi) is 2.25. The SMILES string of the molecule is O=c1c2[nH]ccc2ncn1CCc1cn[nH]c1. The molecule has 3 aromatic heterocycles. The van der Waals surface area contributed by atoms with Gasteiger partial charge in [0.25, 0.3) is 5.56 Å². The first kappa shape index (κ1) is 9.83. The number of nitrogens with zero attached hydrogens (tertiary/aromatic N) is 3. The Morgan fingerprint density at radius 2 is 2.35 bits per heavy atom. The predicted molar refractivity (Wildman–Crippen MR) is 62.6 cm³/mol. The van der Waals surface area contributed by atoms with Gasteiger partial charge in [-0.05, 0) is 18.1 Å². The highest BCUT2D eigenvalue weighted by atomic mass is 16.1. The first-order valence-electron chi connectivity index (χ1n) is 5.35. The van der Waals surface area contributed by atoms with E-state index in [1.54, 1.807) is 29.4 Å². The molecule has 6 heteroatoms. The van der Waals surface area contributed by atoms with Crippen LogP contribution in [-0.2, 0) is 13.0 Å². The van der Waals surface area contributed by atoms with E-state index in [1.807, 2.05) is 6.20 Å². The van der Waals surface area contributed by atoms with Crippen LogP contribution in [0.5, 0.6) is 0 Å². The van der Waals surface area contributed by atoms with Gasteiger partial charge >= 0.3 is 0 Å². The van der Waals surface area contributed by atoms with E-state index in [1.165, 1.54) is 0 Å². The lowest BCUT2D eigenvalue weighted by Crippen LogP contribution is -2.21. The van der Waals surface area contributed by atoms with Gasteiger partial charge in [0.1, 0.15) is 5.52 Å². The smallest absolute Gasteiger partial charge is 0.277 e. The first-order chi connectivity index (χ1) is 8.34. The molecule has 3 heterocycles. The molecule has 0 aromatic carbocycles. The van der Waals surface area contributed by atoms with Crippen LogP contribution in [0.15, 0.2) is 35.8 Å². The molecular formula is C11H11N5O. The van der Waals surface area contributed by atoms with Gasteiger partial charge in [0.05, 0.1) is 18.0 Å². The van der Waals surface area contributed by atoms with E-state index in [-0.39, 0.29) is 5.56 Å². The lowest BCUT2D eigenvalue weighted by atomic mass is 10.2. The van der Waals surface area contributed by atoms with Crippen LogP contribution in [0.3, 0.4) is 0 Å². The molecular weight excluding hydrogens is 218 g/mol. The van der Waals surface area contributed by atoms with Crippen molar-refractivity contribution in [2.75, 3.05) is 0 Å². The molecule has 0 saturated carbocycles. The summed E-state index contributed by atoms with van der Waals surface area (Å²) in [5.74, 6) is 0. The Morgan fingerprint density at radius 3 is 3.18 bits per heavy atom. The summed E-state index contributed by atoms with van der Waals surface area (Å²) < 4.78 is 1.60. The number of hydrogen-bond acceptors (Lipinski definition) is 3. The molecule has 0 bridgehead atoms. The van der Waals surface area contributed by atoms with Crippen LogP contribution < -0.4 is 5.56 Å². The molecule has 0 radical (unpaired) electrons. The van der Waals surface area contributed by atoms with Crippen molar-refractivity contribution in [1.29, 1.82) is 0 Å². The van der Waals surface area contributed by atoms with Gasteiger partial charge in [-0.15, -0.1) is 0 Å². The van der Waals surface area contributed by atoms with Crippen molar-refractivity contribution in [2.24, 2.45) is 0 Å². The molecule has 3 aromatic rings. The van der Waals surface area contributed by atoms with Crippen molar-refractivity contribution in [3.8, 4) is 0 Å². The Bertz CT molecular complexity index is 679. The second-order valence-corrected chi connectivity index (χ2v) is 3.84. The third-order valence-corrected chi connectivity index (χ3v) is 2.73. The molecule has 0 unspecified atom stereocenters. The lowest BCUT2D eigenvalue weighted by Gasteiger charge is -2.03. The Morgan fingerprint density at radius 1 is 1.41 bits per heavy atom. The molecule has 0 aliphatic heterocycles. The van der Waals surface area contributed by atoms with Gasteiger partial charge in [-0.25, -0.2) is 4.98 Å². The van der Waals surface area contributed by atoms with Gasteiger partial charge in [-0.1, -0.05) is 0 Å². The summed E-state index contributed by atoms with van der Waals surface area (Å²) in [5, 5.41) is 6.61. The van der Waals surface area contributed by atoms with Gasteiger partial charge in [0.2, 0.25) is 0 Å². The van der Waals surface area contributed by atoms with Crippen LogP contribution in [0.4, 0.5) is 0 Å². The molecule has 0 saturated heterocycles. The third-order valence-electron chi connectivity index (χ3n) is 2.73. The summed E-state index contributed by atoms with van der Waals surface area (Å²) >= 11 is 0. The molecule has 0 spiro atoms. The summed E-state index contributed by atoms with van der Waals surface area (Å²) in [4.78, 5) is 19.1. The number of nitrogens with one attached hydrogen (secondary N) is 2. The molecule has 0 fully saturated rings. The minimum Gasteiger partial charge on any atom is -0.355 e. The fourth-order valence-corrected chi connectivity index (χ4v) is 1.79. The minimum atomic E-state index is -0.0384. The lowest BCUT2D eigenvalue weighted by molar-refractivity contribution is 0.662. The summed E-state index contributed by atoms with van der Waals surface area (Å²) in [6.07, 6.45) is 7.64. The summed E-state index contributed by atoms with van der Waals surface area (Å²) in [6.45, 7) is 0.598. The number of aromatic amines is 2. The molecule has 6 nitrogen and oxygen atoms in total. The van der Waals surface area contributed by atoms with Crippen molar-refractivity contribution in [1.82, 2.24) is 24.7 Å². The molecule has 86 valence electrons. The second kappa shape index (κ2) is 3.89. The zero-order valence-electron chi connectivity index (χ0n) is 9.05. The van der Waals surface area contributed by atoms with Crippen LogP contribution in [0.1, 0.15) is 5.56 Å². The quantitative estimate of drug-likeness (QED) is 0.693. The third kappa shape index (κ3) is 1.73. The molecule has 0 atom stereocenters. The zero-order valence-corrected chi connectivity index (χ0v) is 9.05. The van der Waals surface area contributed by atoms with E-state index in [9.17, 15) is 4.79 Å². The average Bonchev–Trinajstić information content (AvgIpc) is 2.99. The maximum absolute atomic E-state index is 12.0. The van der Waals surface area contributed by atoms with Crippen molar-refractivity contribution in [3.63, 3.8) is 0 Å². The molecule has 3 rings (SSSR count). The van der Waals surface area contributed by atoms with Gasteiger partial charge < -0.3 is 4.98 Å². The van der Waals surface area contributed by atoms with Crippen LogP contribution in [0.25, 0.3) is 11.0 Å². The summed E-state index contributed by atoms with van der Waals surface area (Å²) in [5.41, 5.74) is 2.29. The normalized spacial score (nSPS) is 11.1. The maximum Gasteiger partial charge on any atom is 0.277 e. The number of fused-ring (bicyclic) bond motifs is 1. The van der Waals surface area contributed by atoms with E-state index >= 15 is 0 Å². The first-order valence-corrected chi connectivity index (χ1v) is 5.35. The topological polar surface area (TPSA) is 79.4 Å². The van der Waals surface area contributed by atoms with Crippen molar-refractivity contribution < 1.29 is 0 Å². The molecule has 0 aliphatic carbocycles. The number of hydrogen-bond donors (Lipinski definition) is 2. The van der Waals surface area contributed by atoms with Gasteiger partial charge in [0, 0.05) is 18.9 Å². The van der Waals surface area contributed by atoms with E-state index in [0.29, 0.717) is 17.6 Å². The summed E-state index contributed by atoms with van der Waals surface area (Å²) in [6, 6.07) is 1.79. The van der Waals surface area contributed by atoms with Crippen LogP contribution in [-0.4, -0.2) is 24.7 Å². The average molecular weight is 229 g/mol. The van der Waals surface area contributed by atoms with E-state index in [0.717, 1.165) is 12.0 Å². The van der Waals surface area contributed by atoms with E-state index in [4.69, 9.17) is 0 Å². The maximum atomic E-state index is 12.0. The highest BCUT2D eigenvalue weighted by Crippen LogP contribution is 2.03. The molecule has 0 amide bonds. The fourth-order valence-electron chi connectivity index (χ4n) is 1.79. The highest BCUT2D eigenvalue weighted by molar-refractivity contribution is 5.73. The fraction of sp³-hybridized carbons (Fsp3) is 0.182. The van der Waals surface area contributed by atoms with Crippen LogP contribution in [0, 0.1) is 0 Å². The predicted octanol–water partition coefficient (Wildman–Crippen LogP) is 0.690. The zero-order chi connectivity index (χ0) is 11.7. The Balaban J connectivity index is 1.90. The highest BCUT2D eigenvalue weighted by Gasteiger charge is 2.04. The van der Waals surface area contributed by atoms with E-state index in [2.05, 4.69) is 20.2 Å². The van der Waals surface area contributed by atoms with Crippen molar-refractivity contribution in [2.45, 2.75) is 13.0 Å². The Labute approximate surface area is 96.3 Å². The number of aryl methyl sites for hydroxylation is 2. The number of H-pyrrole nitrogens is 2. The minimum absolute atomic E-state index is 0.0384. The number of aromatic nitrogens is 5. The molecule has 0 aliphatic rings. The van der Waals surface area contributed by atoms with Crippen LogP contribution >= 0.6 is 0 Å². The van der Waals surface area contributed by atoms with Gasteiger partial charge in [0.15, 0.2) is 0 Å². The summed E-state index contributed by atoms with van der Waals surface area (Å²) in [7, 11) is 0. The standard InChI is InChI=1S/C11H11N5O/c17-11-10-9(1-3-12-10)13-7-16(11)4-2-8-5-14-15-6-8/h1,3,5-7,12H,2,4H2,(H,14,15).